The van der Waals surface area contributed by atoms with Gasteiger partial charge < -0.3 is 15.3 Å². The fraction of sp³-hybridized carbons (Fsp3) is 0.667. The average Bonchev–Trinajstić information content (AvgIpc) is 2.02. The fourth-order valence-electron chi connectivity index (χ4n) is 0.887. The van der Waals surface area contributed by atoms with Crippen molar-refractivity contribution in [2.45, 2.75) is 25.4 Å². The molecule has 0 aromatic heterocycles. The second-order valence-electron chi connectivity index (χ2n) is 3.02. The minimum atomic E-state index is -0.975. The van der Waals surface area contributed by atoms with Crippen LogP contribution in [0.4, 0.5) is 0 Å². The Morgan fingerprint density at radius 1 is 1.75 bits per heavy atom. The molecule has 0 fully saturated rings. The lowest BCUT2D eigenvalue weighted by atomic mass is 9.97. The van der Waals surface area contributed by atoms with E-state index in [-0.39, 0.29) is 6.61 Å². The largest absolute Gasteiger partial charge is 0.383 e. The van der Waals surface area contributed by atoms with Crippen LogP contribution >= 0.6 is 0 Å². The normalized spacial score (nSPS) is 15.2. The van der Waals surface area contributed by atoms with E-state index in [1.54, 1.807) is 6.92 Å². The third-order valence-corrected chi connectivity index (χ3v) is 1.71. The van der Waals surface area contributed by atoms with E-state index in [0.29, 0.717) is 18.6 Å². The molecule has 0 aromatic rings. The van der Waals surface area contributed by atoms with Gasteiger partial charge in [-0.15, -0.1) is 6.58 Å². The highest BCUT2D eigenvalue weighted by Gasteiger charge is 2.21. The minimum Gasteiger partial charge on any atom is -0.383 e. The Hall–Kier alpha value is -0.670. The first-order chi connectivity index (χ1) is 5.54. The summed E-state index contributed by atoms with van der Waals surface area (Å²) >= 11 is 0. The molecule has 0 saturated heterocycles. The maximum Gasteiger partial charge on any atom is 0.106 e. The standard InChI is InChI=1S/C9H17NO2/c1-4-9(11,7-12-3)6-5-8(2)10/h4,10-11H,1,5-7H2,2-3H3/t9-/m0/s1. The second-order valence-corrected chi connectivity index (χ2v) is 3.02. The van der Waals surface area contributed by atoms with Crippen molar-refractivity contribution in [2.24, 2.45) is 0 Å². The number of hydrogen-bond acceptors (Lipinski definition) is 3. The molecule has 0 spiro atoms. The smallest absolute Gasteiger partial charge is 0.106 e. The summed E-state index contributed by atoms with van der Waals surface area (Å²) in [5.74, 6) is 0. The van der Waals surface area contributed by atoms with Crippen LogP contribution in [0.15, 0.2) is 12.7 Å². The van der Waals surface area contributed by atoms with Crippen molar-refractivity contribution in [3.8, 4) is 0 Å². The van der Waals surface area contributed by atoms with Crippen LogP contribution in [0.25, 0.3) is 0 Å². The van der Waals surface area contributed by atoms with Crippen LogP contribution in [-0.4, -0.2) is 30.1 Å². The van der Waals surface area contributed by atoms with Crippen LogP contribution < -0.4 is 0 Å². The molecule has 2 N–H and O–H groups in total. The zero-order valence-corrected chi connectivity index (χ0v) is 7.76. The molecule has 0 radical (unpaired) electrons. The van der Waals surface area contributed by atoms with Crippen LogP contribution in [-0.2, 0) is 4.74 Å². The zero-order chi connectivity index (χ0) is 9.61. The molecule has 0 heterocycles. The Morgan fingerprint density at radius 3 is 2.67 bits per heavy atom. The predicted octanol–water partition coefficient (Wildman–Crippen LogP) is 1.37. The van der Waals surface area contributed by atoms with E-state index in [0.717, 1.165) is 0 Å². The molecular formula is C9H17NO2. The van der Waals surface area contributed by atoms with Gasteiger partial charge in [-0.25, -0.2) is 0 Å². The van der Waals surface area contributed by atoms with Crippen LogP contribution in [0.5, 0.6) is 0 Å². The van der Waals surface area contributed by atoms with Crippen molar-refractivity contribution in [3.63, 3.8) is 0 Å². The number of hydrogen-bond donors (Lipinski definition) is 2. The summed E-state index contributed by atoms with van der Waals surface area (Å²) in [4.78, 5) is 0. The summed E-state index contributed by atoms with van der Waals surface area (Å²) in [5, 5.41) is 16.9. The number of nitrogens with one attached hydrogen (secondary N) is 1. The topological polar surface area (TPSA) is 53.3 Å². The summed E-state index contributed by atoms with van der Waals surface area (Å²) in [6.07, 6.45) is 2.55. The van der Waals surface area contributed by atoms with Gasteiger partial charge >= 0.3 is 0 Å². The Labute approximate surface area is 73.6 Å². The highest BCUT2D eigenvalue weighted by Crippen LogP contribution is 2.14. The Balaban J connectivity index is 3.95. The Morgan fingerprint density at radius 2 is 2.33 bits per heavy atom. The van der Waals surface area contributed by atoms with Crippen LogP contribution in [0, 0.1) is 5.41 Å². The van der Waals surface area contributed by atoms with Crippen LogP contribution in [0.1, 0.15) is 19.8 Å². The SMILES string of the molecule is C=C[C@](O)(CCC(C)=N)COC. The van der Waals surface area contributed by atoms with E-state index in [2.05, 4.69) is 6.58 Å². The van der Waals surface area contributed by atoms with E-state index in [4.69, 9.17) is 10.1 Å². The lowest BCUT2D eigenvalue weighted by Crippen LogP contribution is -2.31. The molecule has 0 aliphatic heterocycles. The maximum atomic E-state index is 9.73. The molecule has 0 aliphatic carbocycles. The van der Waals surface area contributed by atoms with E-state index in [1.165, 1.54) is 13.2 Å². The van der Waals surface area contributed by atoms with Gasteiger partial charge in [0.05, 0.1) is 6.61 Å². The first kappa shape index (κ1) is 11.3. The van der Waals surface area contributed by atoms with Gasteiger partial charge in [0.25, 0.3) is 0 Å². The van der Waals surface area contributed by atoms with Gasteiger partial charge in [-0.05, 0) is 19.8 Å². The van der Waals surface area contributed by atoms with E-state index in [9.17, 15) is 5.11 Å². The quantitative estimate of drug-likeness (QED) is 0.468. The first-order valence-corrected chi connectivity index (χ1v) is 3.93. The molecule has 0 amide bonds. The van der Waals surface area contributed by atoms with Crippen LogP contribution in [0.2, 0.25) is 0 Å². The summed E-state index contributed by atoms with van der Waals surface area (Å²) in [6.45, 7) is 5.49. The summed E-state index contributed by atoms with van der Waals surface area (Å²) in [7, 11) is 1.53. The zero-order valence-electron chi connectivity index (χ0n) is 7.76. The third kappa shape index (κ3) is 4.26. The number of aliphatic hydroxyl groups is 1. The first-order valence-electron chi connectivity index (χ1n) is 3.93. The molecule has 0 aromatic carbocycles. The van der Waals surface area contributed by atoms with Gasteiger partial charge in [-0.3, -0.25) is 0 Å². The molecule has 3 heteroatoms. The minimum absolute atomic E-state index is 0.240. The molecule has 0 aliphatic rings. The molecule has 0 rings (SSSR count). The number of ether oxygens (including phenoxy) is 1. The van der Waals surface area contributed by atoms with Crippen molar-refractivity contribution in [2.75, 3.05) is 13.7 Å². The highest BCUT2D eigenvalue weighted by molar-refractivity contribution is 5.78. The van der Waals surface area contributed by atoms with Crippen molar-refractivity contribution in [1.29, 1.82) is 5.41 Å². The molecule has 0 unspecified atom stereocenters. The predicted molar refractivity (Wildman–Crippen MR) is 49.7 cm³/mol. The summed E-state index contributed by atoms with van der Waals surface area (Å²) in [5.41, 5.74) is -0.414. The van der Waals surface area contributed by atoms with Crippen LogP contribution in [0.3, 0.4) is 0 Å². The number of methoxy groups -OCH3 is 1. The lowest BCUT2D eigenvalue weighted by Gasteiger charge is -2.22. The highest BCUT2D eigenvalue weighted by atomic mass is 16.5. The van der Waals surface area contributed by atoms with Gasteiger partial charge in [-0.1, -0.05) is 6.08 Å². The van der Waals surface area contributed by atoms with E-state index < -0.39 is 5.60 Å². The maximum absolute atomic E-state index is 9.73. The van der Waals surface area contributed by atoms with E-state index >= 15 is 0 Å². The molecule has 0 bridgehead atoms. The molecule has 3 nitrogen and oxygen atoms in total. The lowest BCUT2D eigenvalue weighted by molar-refractivity contribution is 0.00186. The molecule has 0 saturated carbocycles. The van der Waals surface area contributed by atoms with E-state index in [1.807, 2.05) is 0 Å². The van der Waals surface area contributed by atoms with Gasteiger partial charge in [0.1, 0.15) is 5.60 Å². The van der Waals surface area contributed by atoms with Crippen molar-refractivity contribution in [1.82, 2.24) is 0 Å². The molecule has 12 heavy (non-hydrogen) atoms. The molecule has 1 atom stereocenters. The monoisotopic (exact) mass is 171 g/mol. The average molecular weight is 171 g/mol. The third-order valence-electron chi connectivity index (χ3n) is 1.71. The van der Waals surface area contributed by atoms with Gasteiger partial charge in [0.2, 0.25) is 0 Å². The van der Waals surface area contributed by atoms with Gasteiger partial charge in [0.15, 0.2) is 0 Å². The van der Waals surface area contributed by atoms with Gasteiger partial charge in [-0.2, -0.15) is 0 Å². The summed E-state index contributed by atoms with van der Waals surface area (Å²) in [6, 6.07) is 0. The fourth-order valence-corrected chi connectivity index (χ4v) is 0.887. The Kier molecular flexibility index (Phi) is 4.78. The molecular weight excluding hydrogens is 154 g/mol. The Bertz CT molecular complexity index is 168. The second kappa shape index (κ2) is 5.06. The summed E-state index contributed by atoms with van der Waals surface area (Å²) < 4.78 is 4.84. The van der Waals surface area contributed by atoms with Gasteiger partial charge in [0, 0.05) is 12.8 Å². The van der Waals surface area contributed by atoms with Crippen molar-refractivity contribution >= 4 is 5.71 Å². The van der Waals surface area contributed by atoms with Crippen molar-refractivity contribution < 1.29 is 9.84 Å². The number of rotatable bonds is 6. The molecule has 70 valence electrons. The van der Waals surface area contributed by atoms with Crippen molar-refractivity contribution in [3.05, 3.63) is 12.7 Å².